The van der Waals surface area contributed by atoms with Crippen LogP contribution in [-0.4, -0.2) is 16.1 Å². The number of aromatic nitrogens is 2. The second kappa shape index (κ2) is 4.09. The molecule has 18 heavy (non-hydrogen) atoms. The largest absolute Gasteiger partial charge is 0.331 e. The summed E-state index contributed by atoms with van der Waals surface area (Å²) < 4.78 is 2.55. The zero-order valence-corrected chi connectivity index (χ0v) is 12.1. The van der Waals surface area contributed by atoms with Crippen LogP contribution in [0.5, 0.6) is 0 Å². The summed E-state index contributed by atoms with van der Waals surface area (Å²) in [6.07, 6.45) is 2.54. The molecule has 0 bridgehead atoms. The minimum atomic E-state index is 0.148. The van der Waals surface area contributed by atoms with E-state index < -0.39 is 0 Å². The van der Waals surface area contributed by atoms with E-state index in [4.69, 9.17) is 4.98 Å². The third-order valence-corrected chi connectivity index (χ3v) is 4.35. The van der Waals surface area contributed by atoms with E-state index in [0.717, 1.165) is 31.3 Å². The number of nitrogens with zero attached hydrogens (tertiary/aromatic N) is 2. The number of hydrogen-bond acceptors (Lipinski definition) is 2. The fraction of sp³-hybridized carbons (Fsp3) is 0.800. The van der Waals surface area contributed by atoms with Crippen LogP contribution in [0, 0.1) is 11.8 Å². The molecular weight excluding hydrogens is 222 g/mol. The van der Waals surface area contributed by atoms with Crippen molar-refractivity contribution in [3.63, 3.8) is 0 Å². The van der Waals surface area contributed by atoms with Crippen molar-refractivity contribution in [2.24, 2.45) is 11.8 Å². The van der Waals surface area contributed by atoms with Gasteiger partial charge in [-0.2, -0.15) is 0 Å². The Labute approximate surface area is 110 Å². The monoisotopic (exact) mass is 247 g/mol. The highest BCUT2D eigenvalue weighted by Crippen LogP contribution is 2.40. The van der Waals surface area contributed by atoms with Crippen molar-refractivity contribution in [3.05, 3.63) is 17.2 Å². The van der Waals surface area contributed by atoms with Crippen molar-refractivity contribution in [3.8, 4) is 0 Å². The summed E-state index contributed by atoms with van der Waals surface area (Å²) in [5, 5.41) is 3.43. The average molecular weight is 247 g/mol. The fourth-order valence-electron chi connectivity index (χ4n) is 3.03. The van der Waals surface area contributed by atoms with E-state index in [1.807, 2.05) is 0 Å². The molecule has 2 heterocycles. The molecule has 100 valence electrons. The number of hydrogen-bond donors (Lipinski definition) is 1. The molecule has 1 fully saturated rings. The predicted molar refractivity (Wildman–Crippen MR) is 73.6 cm³/mol. The lowest BCUT2D eigenvalue weighted by Gasteiger charge is -2.22. The lowest BCUT2D eigenvalue weighted by atomic mass is 9.95. The smallest absolute Gasteiger partial charge is 0.114 e. The molecule has 3 heteroatoms. The third-order valence-electron chi connectivity index (χ3n) is 4.35. The Balaban J connectivity index is 1.99. The van der Waals surface area contributed by atoms with E-state index in [9.17, 15) is 0 Å². The van der Waals surface area contributed by atoms with Gasteiger partial charge in [0.05, 0.1) is 5.69 Å². The van der Waals surface area contributed by atoms with Gasteiger partial charge < -0.3 is 9.88 Å². The summed E-state index contributed by atoms with van der Waals surface area (Å²) in [5.41, 5.74) is 2.94. The summed E-state index contributed by atoms with van der Waals surface area (Å²) in [7, 11) is 0. The number of imidazole rings is 1. The van der Waals surface area contributed by atoms with Gasteiger partial charge >= 0.3 is 0 Å². The SMILES string of the molecule is CC1CC1Cn1c(C(C)(C)C)nc2c1CCNC2. The van der Waals surface area contributed by atoms with Crippen LogP contribution in [0.4, 0.5) is 0 Å². The molecule has 2 unspecified atom stereocenters. The maximum atomic E-state index is 4.93. The van der Waals surface area contributed by atoms with Crippen molar-refractivity contribution in [2.75, 3.05) is 6.54 Å². The Morgan fingerprint density at radius 3 is 2.72 bits per heavy atom. The first-order valence-corrected chi connectivity index (χ1v) is 7.26. The fourth-order valence-corrected chi connectivity index (χ4v) is 3.03. The van der Waals surface area contributed by atoms with Gasteiger partial charge in [0.1, 0.15) is 5.82 Å². The summed E-state index contributed by atoms with van der Waals surface area (Å²) in [4.78, 5) is 4.93. The summed E-state index contributed by atoms with van der Waals surface area (Å²) >= 11 is 0. The van der Waals surface area contributed by atoms with Gasteiger partial charge in [-0.3, -0.25) is 0 Å². The topological polar surface area (TPSA) is 29.9 Å². The average Bonchev–Trinajstić information content (AvgIpc) is 2.86. The molecule has 0 amide bonds. The second-order valence-corrected chi connectivity index (χ2v) is 7.09. The van der Waals surface area contributed by atoms with Gasteiger partial charge in [0.2, 0.25) is 0 Å². The van der Waals surface area contributed by atoms with Crippen molar-refractivity contribution in [2.45, 2.75) is 59.0 Å². The molecule has 1 aromatic rings. The molecule has 1 aliphatic carbocycles. The molecule has 0 radical (unpaired) electrons. The second-order valence-electron chi connectivity index (χ2n) is 7.09. The van der Waals surface area contributed by atoms with E-state index in [-0.39, 0.29) is 5.41 Å². The summed E-state index contributed by atoms with van der Waals surface area (Å²) in [6, 6.07) is 0. The lowest BCUT2D eigenvalue weighted by molar-refractivity contribution is 0.466. The summed E-state index contributed by atoms with van der Waals surface area (Å²) in [6.45, 7) is 12.4. The highest BCUT2D eigenvalue weighted by Gasteiger charge is 2.36. The van der Waals surface area contributed by atoms with E-state index in [1.165, 1.54) is 30.2 Å². The van der Waals surface area contributed by atoms with E-state index >= 15 is 0 Å². The first-order valence-electron chi connectivity index (χ1n) is 7.26. The van der Waals surface area contributed by atoms with Gasteiger partial charge in [-0.25, -0.2) is 4.98 Å². The number of fused-ring (bicyclic) bond motifs is 1. The van der Waals surface area contributed by atoms with Gasteiger partial charge in [0.25, 0.3) is 0 Å². The van der Waals surface area contributed by atoms with Crippen LogP contribution < -0.4 is 5.32 Å². The molecule has 2 atom stereocenters. The van der Waals surface area contributed by atoms with Gasteiger partial charge in [0.15, 0.2) is 0 Å². The normalized spacial score (nSPS) is 27.1. The van der Waals surface area contributed by atoms with E-state index in [2.05, 4.69) is 37.6 Å². The maximum absolute atomic E-state index is 4.93. The molecule has 0 saturated heterocycles. The van der Waals surface area contributed by atoms with Crippen LogP contribution in [-0.2, 0) is 24.9 Å². The number of rotatable bonds is 2. The van der Waals surface area contributed by atoms with Gasteiger partial charge in [0, 0.05) is 37.2 Å². The third kappa shape index (κ3) is 2.09. The van der Waals surface area contributed by atoms with Crippen molar-refractivity contribution < 1.29 is 0 Å². The Bertz CT molecular complexity index is 453. The molecular formula is C15H25N3. The van der Waals surface area contributed by atoms with Crippen LogP contribution in [0.2, 0.25) is 0 Å². The zero-order valence-electron chi connectivity index (χ0n) is 12.1. The minimum absolute atomic E-state index is 0.148. The summed E-state index contributed by atoms with van der Waals surface area (Å²) in [5.74, 6) is 3.09. The lowest BCUT2D eigenvalue weighted by Crippen LogP contribution is -2.26. The van der Waals surface area contributed by atoms with E-state index in [1.54, 1.807) is 0 Å². The minimum Gasteiger partial charge on any atom is -0.331 e. The standard InChI is InChI=1S/C15H25N3/c1-10-7-11(10)9-18-13-5-6-16-8-12(13)17-14(18)15(2,3)4/h10-11,16H,5-9H2,1-4H3. The molecule has 0 aromatic carbocycles. The van der Waals surface area contributed by atoms with Gasteiger partial charge in [-0.15, -0.1) is 0 Å². The van der Waals surface area contributed by atoms with Crippen molar-refractivity contribution in [1.29, 1.82) is 0 Å². The van der Waals surface area contributed by atoms with E-state index in [0.29, 0.717) is 0 Å². The maximum Gasteiger partial charge on any atom is 0.114 e. The van der Waals surface area contributed by atoms with Crippen molar-refractivity contribution in [1.82, 2.24) is 14.9 Å². The number of nitrogens with one attached hydrogen (secondary N) is 1. The highest BCUT2D eigenvalue weighted by molar-refractivity contribution is 5.24. The highest BCUT2D eigenvalue weighted by atomic mass is 15.1. The Morgan fingerprint density at radius 1 is 1.39 bits per heavy atom. The Kier molecular flexibility index (Phi) is 2.77. The molecule has 1 aliphatic heterocycles. The van der Waals surface area contributed by atoms with Crippen molar-refractivity contribution >= 4 is 0 Å². The molecule has 3 rings (SSSR count). The molecule has 1 saturated carbocycles. The van der Waals surface area contributed by atoms with Crippen LogP contribution in [0.15, 0.2) is 0 Å². The first-order chi connectivity index (χ1) is 8.47. The van der Waals surface area contributed by atoms with Gasteiger partial charge in [-0.1, -0.05) is 27.7 Å². The molecule has 1 N–H and O–H groups in total. The van der Waals surface area contributed by atoms with Crippen LogP contribution >= 0.6 is 0 Å². The quantitative estimate of drug-likeness (QED) is 0.870. The molecule has 1 aromatic heterocycles. The zero-order chi connectivity index (χ0) is 12.9. The Morgan fingerprint density at radius 2 is 2.11 bits per heavy atom. The molecule has 0 spiro atoms. The predicted octanol–water partition coefficient (Wildman–Crippen LogP) is 2.48. The van der Waals surface area contributed by atoms with Crippen LogP contribution in [0.1, 0.15) is 51.3 Å². The Hall–Kier alpha value is -0.830. The molecule has 2 aliphatic rings. The van der Waals surface area contributed by atoms with Gasteiger partial charge in [-0.05, 0) is 18.3 Å². The van der Waals surface area contributed by atoms with Crippen LogP contribution in [0.25, 0.3) is 0 Å². The first kappa shape index (κ1) is 12.2. The van der Waals surface area contributed by atoms with Crippen LogP contribution in [0.3, 0.4) is 0 Å². The molecule has 3 nitrogen and oxygen atoms in total.